The molecule has 0 unspecified atom stereocenters. The lowest BCUT2D eigenvalue weighted by atomic mass is 10.1. The first kappa shape index (κ1) is 17.9. The van der Waals surface area contributed by atoms with Crippen molar-refractivity contribution in [1.29, 1.82) is 0 Å². The first-order chi connectivity index (χ1) is 13.5. The number of benzene rings is 3. The maximum atomic E-state index is 13.3. The number of carbonyl (C=O) groups is 1. The maximum absolute atomic E-state index is 13.3. The standard InChI is InChI=1S/C22H12ClFO4/c23-19-7-2-1-6-16(19)18-12-27-20-11-15(8-9-17(20)21(18)25)28-22(26)13-4-3-5-14(24)10-13/h1-12H. The van der Waals surface area contributed by atoms with Crippen molar-refractivity contribution in [2.45, 2.75) is 0 Å². The van der Waals surface area contributed by atoms with Gasteiger partial charge in [0.05, 0.1) is 16.5 Å². The maximum Gasteiger partial charge on any atom is 0.343 e. The number of halogens is 2. The molecule has 0 fully saturated rings. The lowest BCUT2D eigenvalue weighted by Crippen LogP contribution is -2.09. The van der Waals surface area contributed by atoms with Gasteiger partial charge in [0, 0.05) is 16.7 Å². The number of rotatable bonds is 3. The van der Waals surface area contributed by atoms with Gasteiger partial charge in [-0.2, -0.15) is 0 Å². The molecule has 4 rings (SSSR count). The van der Waals surface area contributed by atoms with Crippen molar-refractivity contribution in [3.63, 3.8) is 0 Å². The summed E-state index contributed by atoms with van der Waals surface area (Å²) in [5, 5.41) is 0.762. The van der Waals surface area contributed by atoms with E-state index in [1.165, 1.54) is 42.7 Å². The Labute approximate surface area is 163 Å². The molecule has 0 aliphatic carbocycles. The van der Waals surface area contributed by atoms with Gasteiger partial charge in [-0.3, -0.25) is 4.79 Å². The van der Waals surface area contributed by atoms with Crippen molar-refractivity contribution in [2.75, 3.05) is 0 Å². The predicted molar refractivity (Wildman–Crippen MR) is 104 cm³/mol. The Morgan fingerprint density at radius 2 is 1.79 bits per heavy atom. The van der Waals surface area contributed by atoms with Crippen LogP contribution in [0.3, 0.4) is 0 Å². The van der Waals surface area contributed by atoms with Gasteiger partial charge in [-0.1, -0.05) is 35.9 Å². The Kier molecular flexibility index (Phi) is 4.67. The lowest BCUT2D eigenvalue weighted by Gasteiger charge is -2.07. The minimum atomic E-state index is -0.714. The summed E-state index contributed by atoms with van der Waals surface area (Å²) in [5.74, 6) is -1.07. The fraction of sp³-hybridized carbons (Fsp3) is 0. The molecule has 0 aliphatic rings. The summed E-state index contributed by atoms with van der Waals surface area (Å²) < 4.78 is 24.1. The zero-order valence-corrected chi connectivity index (χ0v) is 15.1. The second-order valence-corrected chi connectivity index (χ2v) is 6.42. The van der Waals surface area contributed by atoms with E-state index in [1.54, 1.807) is 24.3 Å². The fourth-order valence-electron chi connectivity index (χ4n) is 2.82. The Morgan fingerprint density at radius 3 is 2.57 bits per heavy atom. The molecule has 3 aromatic carbocycles. The van der Waals surface area contributed by atoms with Crippen molar-refractivity contribution >= 4 is 28.5 Å². The molecule has 0 atom stereocenters. The van der Waals surface area contributed by atoms with E-state index in [9.17, 15) is 14.0 Å². The van der Waals surface area contributed by atoms with Crippen LogP contribution in [0.4, 0.5) is 4.39 Å². The van der Waals surface area contributed by atoms with E-state index in [-0.39, 0.29) is 22.3 Å². The SMILES string of the molecule is O=C(Oc1ccc2c(=O)c(-c3ccccc3Cl)coc2c1)c1cccc(F)c1. The summed E-state index contributed by atoms with van der Waals surface area (Å²) >= 11 is 6.17. The molecule has 4 nitrogen and oxygen atoms in total. The molecule has 1 aromatic heterocycles. The van der Waals surface area contributed by atoms with Gasteiger partial charge in [0.1, 0.15) is 23.4 Å². The molecule has 0 bridgehead atoms. The van der Waals surface area contributed by atoms with Gasteiger partial charge in [0.2, 0.25) is 5.43 Å². The molecule has 1 heterocycles. The molecule has 0 aliphatic heterocycles. The first-order valence-electron chi connectivity index (χ1n) is 8.31. The normalized spacial score (nSPS) is 10.8. The lowest BCUT2D eigenvalue weighted by molar-refractivity contribution is 0.0734. The molecule has 0 radical (unpaired) electrons. The Balaban J connectivity index is 1.69. The number of ether oxygens (including phenoxy) is 1. The van der Waals surface area contributed by atoms with Crippen LogP contribution in [-0.4, -0.2) is 5.97 Å². The molecule has 6 heteroatoms. The topological polar surface area (TPSA) is 56.5 Å². The van der Waals surface area contributed by atoms with E-state index >= 15 is 0 Å². The summed E-state index contributed by atoms with van der Waals surface area (Å²) in [7, 11) is 0. The summed E-state index contributed by atoms with van der Waals surface area (Å²) in [6, 6.07) is 16.6. The first-order valence-corrected chi connectivity index (χ1v) is 8.69. The number of hydrogen-bond acceptors (Lipinski definition) is 4. The zero-order valence-electron chi connectivity index (χ0n) is 14.3. The number of fused-ring (bicyclic) bond motifs is 1. The van der Waals surface area contributed by atoms with Crippen molar-refractivity contribution in [3.05, 3.63) is 99.6 Å². The molecule has 28 heavy (non-hydrogen) atoms. The second kappa shape index (κ2) is 7.29. The molecule has 138 valence electrons. The van der Waals surface area contributed by atoms with Gasteiger partial charge in [-0.15, -0.1) is 0 Å². The monoisotopic (exact) mass is 394 g/mol. The van der Waals surface area contributed by atoms with Gasteiger partial charge >= 0.3 is 5.97 Å². The van der Waals surface area contributed by atoms with Crippen LogP contribution in [0.15, 0.2) is 82.2 Å². The summed E-state index contributed by atoms with van der Waals surface area (Å²) in [6.07, 6.45) is 1.32. The molecular formula is C22H12ClFO4. The Hall–Kier alpha value is -3.44. The van der Waals surface area contributed by atoms with Crippen LogP contribution < -0.4 is 10.2 Å². The second-order valence-electron chi connectivity index (χ2n) is 6.02. The van der Waals surface area contributed by atoms with Gasteiger partial charge in [-0.25, -0.2) is 9.18 Å². The molecule has 0 saturated heterocycles. The highest BCUT2D eigenvalue weighted by Crippen LogP contribution is 2.28. The molecule has 4 aromatic rings. The summed E-state index contributed by atoms with van der Waals surface area (Å²) in [6.45, 7) is 0. The van der Waals surface area contributed by atoms with Crippen molar-refractivity contribution in [2.24, 2.45) is 0 Å². The third-order valence-electron chi connectivity index (χ3n) is 4.18. The Bertz CT molecular complexity index is 1260. The third kappa shape index (κ3) is 3.40. The van der Waals surface area contributed by atoms with Crippen molar-refractivity contribution in [3.8, 4) is 16.9 Å². The Morgan fingerprint density at radius 1 is 0.964 bits per heavy atom. The highest BCUT2D eigenvalue weighted by Gasteiger charge is 2.14. The predicted octanol–water partition coefficient (Wildman–Crippen LogP) is 5.47. The minimum absolute atomic E-state index is 0.0793. The number of esters is 1. The summed E-state index contributed by atoms with van der Waals surface area (Å²) in [4.78, 5) is 25.0. The van der Waals surface area contributed by atoms with Crippen molar-refractivity contribution in [1.82, 2.24) is 0 Å². The van der Waals surface area contributed by atoms with Crippen LogP contribution in [0.1, 0.15) is 10.4 Å². The molecule has 0 N–H and O–H groups in total. The van der Waals surface area contributed by atoms with Crippen LogP contribution >= 0.6 is 11.6 Å². The van der Waals surface area contributed by atoms with E-state index in [0.29, 0.717) is 21.5 Å². The van der Waals surface area contributed by atoms with Crippen LogP contribution in [0.2, 0.25) is 5.02 Å². The average molecular weight is 395 g/mol. The molecule has 0 spiro atoms. The van der Waals surface area contributed by atoms with Gasteiger partial charge in [0.15, 0.2) is 0 Å². The van der Waals surface area contributed by atoms with E-state index in [2.05, 4.69) is 0 Å². The van der Waals surface area contributed by atoms with Gasteiger partial charge < -0.3 is 9.15 Å². The largest absolute Gasteiger partial charge is 0.463 e. The van der Waals surface area contributed by atoms with E-state index in [4.69, 9.17) is 20.8 Å². The zero-order chi connectivity index (χ0) is 19.7. The smallest absolute Gasteiger partial charge is 0.343 e. The van der Waals surface area contributed by atoms with Gasteiger partial charge in [-0.05, 0) is 36.4 Å². The number of carbonyl (C=O) groups excluding carboxylic acids is 1. The highest BCUT2D eigenvalue weighted by atomic mass is 35.5. The third-order valence-corrected chi connectivity index (χ3v) is 4.51. The van der Waals surface area contributed by atoms with Crippen LogP contribution in [-0.2, 0) is 0 Å². The average Bonchev–Trinajstić information content (AvgIpc) is 2.69. The molecular weight excluding hydrogens is 383 g/mol. The molecule has 0 amide bonds. The van der Waals surface area contributed by atoms with Crippen LogP contribution in [0.5, 0.6) is 5.75 Å². The summed E-state index contributed by atoms with van der Waals surface area (Å²) in [5.41, 5.74) is 0.988. The fourth-order valence-corrected chi connectivity index (χ4v) is 3.06. The molecule has 0 saturated carbocycles. The van der Waals surface area contributed by atoms with Gasteiger partial charge in [0.25, 0.3) is 0 Å². The quantitative estimate of drug-likeness (QED) is 0.341. The number of hydrogen-bond donors (Lipinski definition) is 0. The van der Waals surface area contributed by atoms with Crippen molar-refractivity contribution < 1.29 is 18.3 Å². The van der Waals surface area contributed by atoms with Crippen LogP contribution in [0, 0.1) is 5.82 Å². The van der Waals surface area contributed by atoms with E-state index < -0.39 is 11.8 Å². The van der Waals surface area contributed by atoms with Crippen LogP contribution in [0.25, 0.3) is 22.1 Å². The van der Waals surface area contributed by atoms with E-state index in [1.807, 2.05) is 0 Å². The highest BCUT2D eigenvalue weighted by molar-refractivity contribution is 6.33. The van der Waals surface area contributed by atoms with E-state index in [0.717, 1.165) is 6.07 Å². The minimum Gasteiger partial charge on any atom is -0.463 e.